The summed E-state index contributed by atoms with van der Waals surface area (Å²) in [7, 11) is 1.64. The molecule has 6 heteroatoms. The fourth-order valence-corrected chi connectivity index (χ4v) is 3.29. The number of nitrogens with one attached hydrogen (secondary N) is 3. The number of para-hydroxylation sites is 1. The van der Waals surface area contributed by atoms with Gasteiger partial charge in [0, 0.05) is 40.6 Å². The van der Waals surface area contributed by atoms with E-state index in [9.17, 15) is 9.59 Å². The Bertz CT molecular complexity index is 1190. The molecule has 0 aliphatic heterocycles. The summed E-state index contributed by atoms with van der Waals surface area (Å²) in [6.07, 6.45) is 2.61. The Morgan fingerprint density at radius 2 is 1.93 bits per heavy atom. The van der Waals surface area contributed by atoms with E-state index in [4.69, 9.17) is 4.74 Å². The van der Waals surface area contributed by atoms with Gasteiger partial charge in [-0.25, -0.2) is 0 Å². The minimum absolute atomic E-state index is 0.255. The number of benzene rings is 2. The Kier molecular flexibility index (Phi) is 4.38. The molecule has 0 saturated carbocycles. The third-order valence-electron chi connectivity index (χ3n) is 4.65. The SMILES string of the molecule is COc1ccc2[nH]cc(CCNC(=O)c3cc(=O)[nH]c4ccccc34)c2c1. The molecule has 0 unspecified atom stereocenters. The van der Waals surface area contributed by atoms with E-state index in [0.717, 1.165) is 27.6 Å². The van der Waals surface area contributed by atoms with Crippen molar-refractivity contribution in [1.29, 1.82) is 0 Å². The van der Waals surface area contributed by atoms with Crippen molar-refractivity contribution < 1.29 is 9.53 Å². The topological polar surface area (TPSA) is 87.0 Å². The lowest BCUT2D eigenvalue weighted by atomic mass is 10.1. The molecule has 6 nitrogen and oxygen atoms in total. The smallest absolute Gasteiger partial charge is 0.252 e. The number of aromatic amines is 2. The summed E-state index contributed by atoms with van der Waals surface area (Å²) < 4.78 is 5.28. The van der Waals surface area contributed by atoms with Crippen molar-refractivity contribution in [2.75, 3.05) is 13.7 Å². The van der Waals surface area contributed by atoms with Crippen LogP contribution in [0.15, 0.2) is 59.5 Å². The van der Waals surface area contributed by atoms with Gasteiger partial charge in [0.1, 0.15) is 5.75 Å². The predicted molar refractivity (Wildman–Crippen MR) is 105 cm³/mol. The lowest BCUT2D eigenvalue weighted by Crippen LogP contribution is -2.27. The fourth-order valence-electron chi connectivity index (χ4n) is 3.29. The van der Waals surface area contributed by atoms with Crippen molar-refractivity contribution in [3.05, 3.63) is 76.2 Å². The van der Waals surface area contributed by atoms with E-state index in [1.807, 2.05) is 42.6 Å². The van der Waals surface area contributed by atoms with Crippen LogP contribution in [0, 0.1) is 0 Å². The molecule has 2 heterocycles. The van der Waals surface area contributed by atoms with Crippen molar-refractivity contribution in [1.82, 2.24) is 15.3 Å². The van der Waals surface area contributed by atoms with E-state index in [2.05, 4.69) is 15.3 Å². The summed E-state index contributed by atoms with van der Waals surface area (Å²) in [6, 6.07) is 14.5. The molecule has 0 aliphatic carbocycles. The number of H-pyrrole nitrogens is 2. The number of pyridine rings is 1. The summed E-state index contributed by atoms with van der Waals surface area (Å²) in [5, 5.41) is 4.72. The second-order valence-electron chi connectivity index (χ2n) is 6.32. The highest BCUT2D eigenvalue weighted by molar-refractivity contribution is 6.05. The van der Waals surface area contributed by atoms with Gasteiger partial charge in [0.2, 0.25) is 5.56 Å². The molecule has 2 aromatic carbocycles. The van der Waals surface area contributed by atoms with E-state index in [0.29, 0.717) is 24.0 Å². The van der Waals surface area contributed by atoms with Crippen molar-refractivity contribution in [2.24, 2.45) is 0 Å². The molecule has 3 N–H and O–H groups in total. The zero-order valence-corrected chi connectivity index (χ0v) is 14.8. The largest absolute Gasteiger partial charge is 0.497 e. The second kappa shape index (κ2) is 6.99. The summed E-state index contributed by atoms with van der Waals surface area (Å²) in [6.45, 7) is 0.462. The van der Waals surface area contributed by atoms with Gasteiger partial charge in [0.05, 0.1) is 12.7 Å². The molecule has 1 amide bonds. The molecule has 4 aromatic rings. The lowest BCUT2D eigenvalue weighted by Gasteiger charge is -2.08. The number of ether oxygens (including phenoxy) is 1. The first-order valence-corrected chi connectivity index (χ1v) is 8.70. The summed E-state index contributed by atoms with van der Waals surface area (Å²) in [5.41, 5.74) is 2.87. The highest BCUT2D eigenvalue weighted by Gasteiger charge is 2.12. The fraction of sp³-hybridized carbons (Fsp3) is 0.143. The lowest BCUT2D eigenvalue weighted by molar-refractivity contribution is 0.0955. The molecule has 0 aliphatic rings. The number of carbonyl (C=O) groups excluding carboxylic acids is 1. The second-order valence-corrected chi connectivity index (χ2v) is 6.32. The highest BCUT2D eigenvalue weighted by atomic mass is 16.5. The molecule has 2 aromatic heterocycles. The molecule has 4 rings (SSSR count). The maximum absolute atomic E-state index is 12.6. The normalized spacial score (nSPS) is 11.0. The van der Waals surface area contributed by atoms with Crippen LogP contribution >= 0.6 is 0 Å². The van der Waals surface area contributed by atoms with Gasteiger partial charge in [-0.15, -0.1) is 0 Å². The van der Waals surface area contributed by atoms with Gasteiger partial charge >= 0.3 is 0 Å². The average molecular weight is 361 g/mol. The molecule has 0 bridgehead atoms. The Hall–Kier alpha value is -3.54. The van der Waals surface area contributed by atoms with Gasteiger partial charge in [0.15, 0.2) is 0 Å². The van der Waals surface area contributed by atoms with Gasteiger partial charge in [-0.2, -0.15) is 0 Å². The van der Waals surface area contributed by atoms with Gasteiger partial charge in [-0.3, -0.25) is 9.59 Å². The number of rotatable bonds is 5. The molecule has 0 fully saturated rings. The Morgan fingerprint density at radius 1 is 1.07 bits per heavy atom. The molecule has 0 atom stereocenters. The summed E-state index contributed by atoms with van der Waals surface area (Å²) in [5.74, 6) is 0.539. The van der Waals surface area contributed by atoms with Crippen LogP contribution < -0.4 is 15.6 Å². The van der Waals surface area contributed by atoms with E-state index >= 15 is 0 Å². The quantitative estimate of drug-likeness (QED) is 0.511. The number of hydrogen-bond acceptors (Lipinski definition) is 3. The number of fused-ring (bicyclic) bond motifs is 2. The van der Waals surface area contributed by atoms with E-state index in [1.165, 1.54) is 6.07 Å². The predicted octanol–water partition coefficient (Wildman–Crippen LogP) is 2.99. The number of aromatic nitrogens is 2. The number of methoxy groups -OCH3 is 1. The first-order chi connectivity index (χ1) is 13.2. The summed E-state index contributed by atoms with van der Waals surface area (Å²) >= 11 is 0. The summed E-state index contributed by atoms with van der Waals surface area (Å²) in [4.78, 5) is 30.4. The Balaban J connectivity index is 1.52. The van der Waals surface area contributed by atoms with E-state index < -0.39 is 0 Å². The van der Waals surface area contributed by atoms with Gasteiger partial charge in [-0.05, 0) is 36.2 Å². The average Bonchev–Trinajstić information content (AvgIpc) is 3.09. The Labute approximate surface area is 155 Å². The van der Waals surface area contributed by atoms with Crippen LogP contribution in [-0.2, 0) is 6.42 Å². The zero-order valence-electron chi connectivity index (χ0n) is 14.8. The molecule has 0 spiro atoms. The van der Waals surface area contributed by atoms with Crippen LogP contribution in [0.4, 0.5) is 0 Å². The first kappa shape index (κ1) is 16.9. The molecule has 0 radical (unpaired) electrons. The minimum atomic E-state index is -0.289. The van der Waals surface area contributed by atoms with Gasteiger partial charge in [0.25, 0.3) is 5.91 Å². The number of hydrogen-bond donors (Lipinski definition) is 3. The molecule has 0 saturated heterocycles. The zero-order chi connectivity index (χ0) is 18.8. The molecule has 136 valence electrons. The third-order valence-corrected chi connectivity index (χ3v) is 4.65. The standard InChI is InChI=1S/C21H19N3O3/c1-27-14-6-7-18-16(10-14)13(12-23-18)8-9-22-21(26)17-11-20(25)24-19-5-3-2-4-15(17)19/h2-7,10-12,23H,8-9H2,1H3,(H,22,26)(H,24,25). The molecular formula is C21H19N3O3. The first-order valence-electron chi connectivity index (χ1n) is 8.70. The third kappa shape index (κ3) is 3.29. The maximum Gasteiger partial charge on any atom is 0.252 e. The van der Waals surface area contributed by atoms with Gasteiger partial charge in [-0.1, -0.05) is 18.2 Å². The van der Waals surface area contributed by atoms with Crippen molar-refractivity contribution in [2.45, 2.75) is 6.42 Å². The molecule has 27 heavy (non-hydrogen) atoms. The highest BCUT2D eigenvalue weighted by Crippen LogP contribution is 2.23. The number of amides is 1. The van der Waals surface area contributed by atoms with Crippen molar-refractivity contribution in [3.8, 4) is 5.75 Å². The minimum Gasteiger partial charge on any atom is -0.497 e. The van der Waals surface area contributed by atoms with Crippen LogP contribution in [0.5, 0.6) is 5.75 Å². The van der Waals surface area contributed by atoms with Crippen LogP contribution in [0.1, 0.15) is 15.9 Å². The molecular weight excluding hydrogens is 342 g/mol. The van der Waals surface area contributed by atoms with Crippen LogP contribution in [0.2, 0.25) is 0 Å². The Morgan fingerprint density at radius 3 is 2.78 bits per heavy atom. The van der Waals surface area contributed by atoms with Crippen LogP contribution in [-0.4, -0.2) is 29.5 Å². The van der Waals surface area contributed by atoms with E-state index in [1.54, 1.807) is 13.2 Å². The van der Waals surface area contributed by atoms with E-state index in [-0.39, 0.29) is 11.5 Å². The van der Waals surface area contributed by atoms with Crippen LogP contribution in [0.25, 0.3) is 21.8 Å². The van der Waals surface area contributed by atoms with Gasteiger partial charge < -0.3 is 20.0 Å². The van der Waals surface area contributed by atoms with Crippen molar-refractivity contribution in [3.63, 3.8) is 0 Å². The number of carbonyl (C=O) groups is 1. The monoisotopic (exact) mass is 361 g/mol. The maximum atomic E-state index is 12.6. The van der Waals surface area contributed by atoms with Crippen LogP contribution in [0.3, 0.4) is 0 Å². The van der Waals surface area contributed by atoms with Crippen molar-refractivity contribution >= 4 is 27.7 Å².